The molecule has 0 fully saturated rings. The third-order valence-electron chi connectivity index (χ3n) is 2.75. The monoisotopic (exact) mass is 312 g/mol. The number of esters is 1. The van der Waals surface area contributed by atoms with E-state index >= 15 is 0 Å². The molecule has 0 spiro atoms. The number of aryl methyl sites for hydroxylation is 1. The average Bonchev–Trinajstić information content (AvgIpc) is 2.29. The van der Waals surface area contributed by atoms with Gasteiger partial charge in [0.1, 0.15) is 5.92 Å². The summed E-state index contributed by atoms with van der Waals surface area (Å²) in [6.07, 6.45) is 0.452. The van der Waals surface area contributed by atoms with E-state index in [2.05, 4.69) is 15.9 Å². The van der Waals surface area contributed by atoms with Gasteiger partial charge in [0.05, 0.1) is 6.61 Å². The Morgan fingerprint density at radius 2 is 2.00 bits per heavy atom. The molecule has 1 aromatic carbocycles. The molecule has 1 rings (SSSR count). The molecule has 0 N–H and O–H groups in total. The second kappa shape index (κ2) is 6.69. The van der Waals surface area contributed by atoms with E-state index in [1.165, 1.54) is 0 Å². The van der Waals surface area contributed by atoms with Crippen molar-refractivity contribution in [1.82, 2.24) is 0 Å². The molecule has 0 aliphatic carbocycles. The highest BCUT2D eigenvalue weighted by Crippen LogP contribution is 2.21. The molecule has 0 heterocycles. The van der Waals surface area contributed by atoms with Gasteiger partial charge in [-0.05, 0) is 44.0 Å². The molecule has 1 unspecified atom stereocenters. The highest BCUT2D eigenvalue weighted by atomic mass is 79.9. The molecule has 0 aromatic heterocycles. The minimum Gasteiger partial charge on any atom is -0.465 e. The normalized spacial score (nSPS) is 12.0. The zero-order valence-corrected chi connectivity index (χ0v) is 12.4. The lowest BCUT2D eigenvalue weighted by Crippen LogP contribution is -2.26. The zero-order chi connectivity index (χ0) is 13.7. The molecular formula is C14H17BrO3. The fourth-order valence-corrected chi connectivity index (χ4v) is 2.27. The molecule has 4 heteroatoms. The van der Waals surface area contributed by atoms with Crippen LogP contribution < -0.4 is 0 Å². The molecule has 1 aromatic rings. The highest BCUT2D eigenvalue weighted by molar-refractivity contribution is 9.10. The molecule has 18 heavy (non-hydrogen) atoms. The number of ether oxygens (including phenoxy) is 1. The van der Waals surface area contributed by atoms with Gasteiger partial charge in [0.2, 0.25) is 0 Å². The number of carbonyl (C=O) groups excluding carboxylic acids is 2. The molecule has 0 saturated carbocycles. The molecule has 0 bridgehead atoms. The minimum absolute atomic E-state index is 0.166. The van der Waals surface area contributed by atoms with Crippen molar-refractivity contribution in [3.63, 3.8) is 0 Å². The summed E-state index contributed by atoms with van der Waals surface area (Å²) in [6, 6.07) is 5.41. The van der Waals surface area contributed by atoms with Crippen LogP contribution in [0.1, 0.15) is 36.2 Å². The maximum absolute atomic E-state index is 12.3. The van der Waals surface area contributed by atoms with Crippen LogP contribution in [0.5, 0.6) is 0 Å². The first-order valence-electron chi connectivity index (χ1n) is 5.98. The second-order valence-corrected chi connectivity index (χ2v) is 4.95. The number of hydrogen-bond acceptors (Lipinski definition) is 3. The first-order chi connectivity index (χ1) is 8.51. The fourth-order valence-electron chi connectivity index (χ4n) is 1.79. The Hall–Kier alpha value is -1.16. The summed E-state index contributed by atoms with van der Waals surface area (Å²) >= 11 is 3.35. The van der Waals surface area contributed by atoms with Crippen LogP contribution in [-0.4, -0.2) is 18.4 Å². The van der Waals surface area contributed by atoms with Gasteiger partial charge in [0.25, 0.3) is 0 Å². The highest BCUT2D eigenvalue weighted by Gasteiger charge is 2.27. The van der Waals surface area contributed by atoms with Gasteiger partial charge in [-0.15, -0.1) is 0 Å². The van der Waals surface area contributed by atoms with Gasteiger partial charge in [0, 0.05) is 10.0 Å². The van der Waals surface area contributed by atoms with Gasteiger partial charge in [-0.25, -0.2) is 0 Å². The maximum atomic E-state index is 12.3. The molecule has 1 atom stereocenters. The minimum atomic E-state index is -0.704. The number of Topliss-reactive ketones (excluding diaryl/α,β-unsaturated/α-hetero) is 1. The predicted molar refractivity (Wildman–Crippen MR) is 73.6 cm³/mol. The summed E-state index contributed by atoms with van der Waals surface area (Å²) in [5.41, 5.74) is 1.44. The second-order valence-electron chi connectivity index (χ2n) is 4.04. The van der Waals surface area contributed by atoms with Gasteiger partial charge < -0.3 is 4.74 Å². The first-order valence-corrected chi connectivity index (χ1v) is 6.77. The number of carbonyl (C=O) groups is 2. The van der Waals surface area contributed by atoms with Crippen LogP contribution in [0.25, 0.3) is 0 Å². The van der Waals surface area contributed by atoms with Crippen molar-refractivity contribution in [2.24, 2.45) is 5.92 Å². The summed E-state index contributed by atoms with van der Waals surface area (Å²) in [5.74, 6) is -1.31. The zero-order valence-electron chi connectivity index (χ0n) is 10.8. The van der Waals surface area contributed by atoms with Gasteiger partial charge in [-0.3, -0.25) is 9.59 Å². The van der Waals surface area contributed by atoms with Gasteiger partial charge in [-0.1, -0.05) is 22.9 Å². The number of benzene rings is 1. The topological polar surface area (TPSA) is 43.4 Å². The Kier molecular flexibility index (Phi) is 5.54. The number of ketones is 1. The van der Waals surface area contributed by atoms with E-state index in [1.807, 2.05) is 19.9 Å². The summed E-state index contributed by atoms with van der Waals surface area (Å²) < 4.78 is 5.85. The van der Waals surface area contributed by atoms with E-state index in [-0.39, 0.29) is 5.78 Å². The SMILES string of the molecule is CCOC(=O)C(CC)C(=O)c1ccc(Br)cc1C. The Morgan fingerprint density at radius 3 is 2.50 bits per heavy atom. The van der Waals surface area contributed by atoms with Crippen LogP contribution in [0, 0.1) is 12.8 Å². The van der Waals surface area contributed by atoms with Crippen molar-refractivity contribution in [2.45, 2.75) is 27.2 Å². The van der Waals surface area contributed by atoms with E-state index in [9.17, 15) is 9.59 Å². The molecule has 3 nitrogen and oxygen atoms in total. The Balaban J connectivity index is 3.00. The lowest BCUT2D eigenvalue weighted by atomic mass is 9.93. The van der Waals surface area contributed by atoms with Gasteiger partial charge in [0.15, 0.2) is 5.78 Å². The van der Waals surface area contributed by atoms with Crippen molar-refractivity contribution < 1.29 is 14.3 Å². The van der Waals surface area contributed by atoms with Crippen molar-refractivity contribution in [1.29, 1.82) is 0 Å². The first kappa shape index (κ1) is 14.9. The van der Waals surface area contributed by atoms with Crippen LogP contribution in [0.15, 0.2) is 22.7 Å². The van der Waals surface area contributed by atoms with E-state index < -0.39 is 11.9 Å². The van der Waals surface area contributed by atoms with Crippen LogP contribution in [0.2, 0.25) is 0 Å². The number of halogens is 1. The Labute approximate surface area is 116 Å². The Morgan fingerprint density at radius 1 is 1.33 bits per heavy atom. The molecule has 98 valence electrons. The molecule has 0 aliphatic heterocycles. The van der Waals surface area contributed by atoms with Crippen LogP contribution in [0.4, 0.5) is 0 Å². The van der Waals surface area contributed by atoms with Gasteiger partial charge >= 0.3 is 5.97 Å². The maximum Gasteiger partial charge on any atom is 0.316 e. The summed E-state index contributed by atoms with van der Waals surface area (Å²) in [4.78, 5) is 24.0. The van der Waals surface area contributed by atoms with E-state index in [0.29, 0.717) is 18.6 Å². The lowest BCUT2D eigenvalue weighted by molar-refractivity contribution is -0.146. The third-order valence-corrected chi connectivity index (χ3v) is 3.24. The molecule has 0 aliphatic rings. The standard InChI is InChI=1S/C14H17BrO3/c1-4-11(14(17)18-5-2)13(16)12-7-6-10(15)8-9(12)3/h6-8,11H,4-5H2,1-3H3. The van der Waals surface area contributed by atoms with Crippen molar-refractivity contribution in [3.8, 4) is 0 Å². The van der Waals surface area contributed by atoms with Crippen molar-refractivity contribution in [2.75, 3.05) is 6.61 Å². The quantitative estimate of drug-likeness (QED) is 0.474. The van der Waals surface area contributed by atoms with Crippen molar-refractivity contribution in [3.05, 3.63) is 33.8 Å². The van der Waals surface area contributed by atoms with Gasteiger partial charge in [-0.2, -0.15) is 0 Å². The van der Waals surface area contributed by atoms with Crippen LogP contribution >= 0.6 is 15.9 Å². The number of hydrogen-bond donors (Lipinski definition) is 0. The summed E-state index contributed by atoms with van der Waals surface area (Å²) in [7, 11) is 0. The molecular weight excluding hydrogens is 296 g/mol. The molecule has 0 amide bonds. The lowest BCUT2D eigenvalue weighted by Gasteiger charge is -2.14. The van der Waals surface area contributed by atoms with E-state index in [1.54, 1.807) is 19.1 Å². The van der Waals surface area contributed by atoms with Crippen molar-refractivity contribution >= 4 is 27.7 Å². The van der Waals surface area contributed by atoms with Crippen LogP contribution in [0.3, 0.4) is 0 Å². The summed E-state index contributed by atoms with van der Waals surface area (Å²) in [6.45, 7) is 5.70. The fraction of sp³-hybridized carbons (Fsp3) is 0.429. The number of rotatable bonds is 5. The largest absolute Gasteiger partial charge is 0.465 e. The van der Waals surface area contributed by atoms with E-state index in [4.69, 9.17) is 4.74 Å². The summed E-state index contributed by atoms with van der Waals surface area (Å²) in [5, 5.41) is 0. The smallest absolute Gasteiger partial charge is 0.316 e. The molecule has 0 saturated heterocycles. The van der Waals surface area contributed by atoms with Crippen LogP contribution in [-0.2, 0) is 9.53 Å². The molecule has 0 radical (unpaired) electrons. The average molecular weight is 313 g/mol. The van der Waals surface area contributed by atoms with E-state index in [0.717, 1.165) is 10.0 Å². The Bertz CT molecular complexity index is 454. The predicted octanol–water partition coefficient (Wildman–Crippen LogP) is 3.53. The third kappa shape index (κ3) is 3.42.